The molecule has 0 spiro atoms. The second-order valence-corrected chi connectivity index (χ2v) is 6.97. The molecule has 1 fully saturated rings. The van der Waals surface area contributed by atoms with E-state index in [0.717, 1.165) is 49.3 Å². The lowest BCUT2D eigenvalue weighted by molar-refractivity contribution is -0.120. The first-order valence-electron chi connectivity index (χ1n) is 9.03. The molecule has 6 nitrogen and oxygen atoms in total. The van der Waals surface area contributed by atoms with E-state index < -0.39 is 0 Å². The van der Waals surface area contributed by atoms with Crippen molar-refractivity contribution in [2.24, 2.45) is 5.92 Å². The Morgan fingerprint density at radius 1 is 1.28 bits per heavy atom. The van der Waals surface area contributed by atoms with Crippen LogP contribution in [0.1, 0.15) is 36.1 Å². The summed E-state index contributed by atoms with van der Waals surface area (Å²) >= 11 is 0. The van der Waals surface area contributed by atoms with E-state index in [-0.39, 0.29) is 11.8 Å². The molecule has 2 aromatic heterocycles. The highest BCUT2D eigenvalue weighted by Gasteiger charge is 2.28. The number of aromatic nitrogens is 3. The van der Waals surface area contributed by atoms with Crippen LogP contribution in [0.2, 0.25) is 0 Å². The number of nitrogens with zero attached hydrogens (tertiary/aromatic N) is 4. The summed E-state index contributed by atoms with van der Waals surface area (Å²) in [5.41, 5.74) is 3.44. The molecule has 2 aromatic rings. The Balaban J connectivity index is 1.45. The third kappa shape index (κ3) is 3.34. The number of piperidine rings is 1. The van der Waals surface area contributed by atoms with Gasteiger partial charge in [-0.1, -0.05) is 6.07 Å². The van der Waals surface area contributed by atoms with Gasteiger partial charge in [-0.05, 0) is 62.3 Å². The topological polar surface area (TPSA) is 71.0 Å². The molecule has 1 atom stereocenters. The third-order valence-corrected chi connectivity index (χ3v) is 5.17. The van der Waals surface area contributed by atoms with E-state index in [0.29, 0.717) is 12.4 Å². The number of amides is 1. The van der Waals surface area contributed by atoms with Gasteiger partial charge in [0.2, 0.25) is 5.91 Å². The lowest BCUT2D eigenvalue weighted by Gasteiger charge is -2.32. The first-order chi connectivity index (χ1) is 12.2. The second-order valence-electron chi connectivity index (χ2n) is 6.97. The van der Waals surface area contributed by atoms with E-state index in [9.17, 15) is 4.79 Å². The molecule has 1 aliphatic heterocycles. The predicted molar refractivity (Wildman–Crippen MR) is 96.6 cm³/mol. The van der Waals surface area contributed by atoms with Gasteiger partial charge in [0.05, 0.1) is 11.6 Å². The van der Waals surface area contributed by atoms with Crippen LogP contribution in [0.3, 0.4) is 0 Å². The first kappa shape index (κ1) is 16.0. The van der Waals surface area contributed by atoms with Crippen molar-refractivity contribution < 1.29 is 4.79 Å². The molecule has 1 aliphatic carbocycles. The van der Waals surface area contributed by atoms with Crippen LogP contribution < -0.4 is 10.2 Å². The zero-order chi connectivity index (χ0) is 17.2. The summed E-state index contributed by atoms with van der Waals surface area (Å²) in [5.74, 6) is 1.56. The van der Waals surface area contributed by atoms with Gasteiger partial charge < -0.3 is 10.2 Å². The lowest BCUT2D eigenvalue weighted by atomic mass is 9.97. The molecule has 0 radical (unpaired) electrons. The quantitative estimate of drug-likeness (QED) is 0.932. The molecule has 130 valence electrons. The van der Waals surface area contributed by atoms with Crippen LogP contribution in [0.4, 0.5) is 11.6 Å². The summed E-state index contributed by atoms with van der Waals surface area (Å²) < 4.78 is 0. The van der Waals surface area contributed by atoms with Crippen LogP contribution in [0.15, 0.2) is 24.4 Å². The Hall–Kier alpha value is -2.50. The lowest BCUT2D eigenvalue weighted by Crippen LogP contribution is -2.41. The number of carbonyl (C=O) groups excluding carboxylic acids is 1. The zero-order valence-corrected chi connectivity index (χ0v) is 14.5. The van der Waals surface area contributed by atoms with Crippen molar-refractivity contribution >= 4 is 17.5 Å². The van der Waals surface area contributed by atoms with E-state index in [1.54, 1.807) is 6.20 Å². The minimum Gasteiger partial charge on any atom is -0.354 e. The van der Waals surface area contributed by atoms with Crippen LogP contribution in [-0.2, 0) is 17.6 Å². The fourth-order valence-electron chi connectivity index (χ4n) is 3.71. The minimum atomic E-state index is -0.0507. The number of hydrogen-bond donors (Lipinski definition) is 1. The van der Waals surface area contributed by atoms with Crippen molar-refractivity contribution in [2.75, 3.05) is 23.3 Å². The maximum absolute atomic E-state index is 12.7. The van der Waals surface area contributed by atoms with Gasteiger partial charge in [0.15, 0.2) is 5.82 Å². The van der Waals surface area contributed by atoms with Gasteiger partial charge >= 0.3 is 0 Å². The second kappa shape index (κ2) is 6.78. The zero-order valence-electron chi connectivity index (χ0n) is 14.5. The summed E-state index contributed by atoms with van der Waals surface area (Å²) in [6.45, 7) is 3.57. The Morgan fingerprint density at radius 3 is 3.08 bits per heavy atom. The van der Waals surface area contributed by atoms with Crippen molar-refractivity contribution in [3.05, 3.63) is 41.2 Å². The number of hydrogen-bond acceptors (Lipinski definition) is 5. The maximum atomic E-state index is 12.7. The number of fused-ring (bicyclic) bond motifs is 1. The Bertz CT molecular complexity index is 791. The van der Waals surface area contributed by atoms with Gasteiger partial charge in [0, 0.05) is 19.3 Å². The SMILES string of the molecule is Cc1cccnc1NC(=O)C1CCCN(c2cc3c(nn2)CCC3)C1. The van der Waals surface area contributed by atoms with Crippen LogP contribution in [0.5, 0.6) is 0 Å². The minimum absolute atomic E-state index is 0.0422. The van der Waals surface area contributed by atoms with Crippen molar-refractivity contribution in [2.45, 2.75) is 39.0 Å². The standard InChI is InChI=1S/C19H23N5O/c1-13-5-3-9-20-18(13)21-19(25)15-7-4-10-24(12-15)17-11-14-6-2-8-16(14)22-23-17/h3,5,9,11,15H,2,4,6-8,10,12H2,1H3,(H,20,21,25). The fourth-order valence-corrected chi connectivity index (χ4v) is 3.71. The van der Waals surface area contributed by atoms with E-state index in [1.807, 2.05) is 19.1 Å². The number of carbonyl (C=O) groups is 1. The van der Waals surface area contributed by atoms with Crippen LogP contribution >= 0.6 is 0 Å². The Morgan fingerprint density at radius 2 is 2.20 bits per heavy atom. The molecule has 0 aromatic carbocycles. The monoisotopic (exact) mass is 337 g/mol. The molecule has 1 saturated heterocycles. The van der Waals surface area contributed by atoms with Gasteiger partial charge in [-0.15, -0.1) is 5.10 Å². The molecule has 0 saturated carbocycles. The fraction of sp³-hybridized carbons (Fsp3) is 0.474. The van der Waals surface area contributed by atoms with Gasteiger partial charge in [-0.3, -0.25) is 4.79 Å². The molecule has 1 amide bonds. The number of anilines is 2. The summed E-state index contributed by atoms with van der Waals surface area (Å²) in [6, 6.07) is 5.99. The molecule has 6 heteroatoms. The maximum Gasteiger partial charge on any atom is 0.230 e. The molecule has 1 unspecified atom stereocenters. The number of aryl methyl sites for hydroxylation is 3. The molecule has 2 aliphatic rings. The smallest absolute Gasteiger partial charge is 0.230 e. The van der Waals surface area contributed by atoms with E-state index in [4.69, 9.17) is 0 Å². The van der Waals surface area contributed by atoms with Gasteiger partial charge in [0.25, 0.3) is 0 Å². The Kier molecular flexibility index (Phi) is 4.34. The van der Waals surface area contributed by atoms with Crippen molar-refractivity contribution in [3.8, 4) is 0 Å². The predicted octanol–water partition coefficient (Wildman–Crippen LogP) is 2.52. The summed E-state index contributed by atoms with van der Waals surface area (Å²) in [5, 5.41) is 11.8. The summed E-state index contributed by atoms with van der Waals surface area (Å²) in [7, 11) is 0. The average Bonchev–Trinajstić information content (AvgIpc) is 3.11. The Labute approximate surface area is 147 Å². The van der Waals surface area contributed by atoms with E-state index in [1.165, 1.54) is 12.0 Å². The molecule has 1 N–H and O–H groups in total. The van der Waals surface area contributed by atoms with Crippen LogP contribution in [-0.4, -0.2) is 34.2 Å². The van der Waals surface area contributed by atoms with E-state index >= 15 is 0 Å². The summed E-state index contributed by atoms with van der Waals surface area (Å²) in [4.78, 5) is 19.1. The van der Waals surface area contributed by atoms with Crippen molar-refractivity contribution in [3.63, 3.8) is 0 Å². The highest BCUT2D eigenvalue weighted by Crippen LogP contribution is 2.26. The normalized spacial score (nSPS) is 19.6. The highest BCUT2D eigenvalue weighted by molar-refractivity contribution is 5.92. The van der Waals surface area contributed by atoms with Crippen molar-refractivity contribution in [1.82, 2.24) is 15.2 Å². The van der Waals surface area contributed by atoms with Gasteiger partial charge in [-0.2, -0.15) is 5.10 Å². The molecule has 0 bridgehead atoms. The molecule has 3 heterocycles. The van der Waals surface area contributed by atoms with Crippen LogP contribution in [0, 0.1) is 12.8 Å². The molecule has 4 rings (SSSR count). The molecular formula is C19H23N5O. The highest BCUT2D eigenvalue weighted by atomic mass is 16.2. The third-order valence-electron chi connectivity index (χ3n) is 5.17. The first-order valence-corrected chi connectivity index (χ1v) is 9.03. The van der Waals surface area contributed by atoms with Crippen LogP contribution in [0.25, 0.3) is 0 Å². The average molecular weight is 337 g/mol. The number of pyridine rings is 1. The largest absolute Gasteiger partial charge is 0.354 e. The van der Waals surface area contributed by atoms with Gasteiger partial charge in [-0.25, -0.2) is 4.98 Å². The van der Waals surface area contributed by atoms with Gasteiger partial charge in [0.1, 0.15) is 5.82 Å². The van der Waals surface area contributed by atoms with Crippen molar-refractivity contribution in [1.29, 1.82) is 0 Å². The van der Waals surface area contributed by atoms with E-state index in [2.05, 4.69) is 31.5 Å². The number of rotatable bonds is 3. The molecular weight excluding hydrogens is 314 g/mol. The summed E-state index contributed by atoms with van der Waals surface area (Å²) in [6.07, 6.45) is 6.88. The molecule has 25 heavy (non-hydrogen) atoms. The number of nitrogens with one attached hydrogen (secondary N) is 1.